The van der Waals surface area contributed by atoms with Crippen molar-refractivity contribution in [2.45, 2.75) is 68.6 Å². The van der Waals surface area contributed by atoms with Crippen LogP contribution in [0.15, 0.2) is 33.6 Å². The number of phenolic OH excluding ortho intramolecular Hbond substituents is 1. The molecule has 1 aromatic heterocycles. The van der Waals surface area contributed by atoms with Crippen molar-refractivity contribution < 1.29 is 24.5 Å². The molecule has 2 N–H and O–H groups in total. The van der Waals surface area contributed by atoms with Gasteiger partial charge in [0.15, 0.2) is 0 Å². The summed E-state index contributed by atoms with van der Waals surface area (Å²) >= 11 is 2.71. The maximum absolute atomic E-state index is 13.5. The Labute approximate surface area is 236 Å². The molecule has 0 aliphatic carbocycles. The number of amides is 1. The molecule has 1 unspecified atom stereocenters. The SMILES string of the molecule is CO[C@]1(N=Cc2cc(C(C)(C)C)c(O)c(C(C)(C)C)c2)C(=O)N2C(C(=O)O)=C(CSc3nnnn3C)CSC21. The number of ether oxygens (including phenoxy) is 1. The number of carboxylic acids is 1. The molecular formula is C26H34N6O5S2. The molecule has 0 saturated carbocycles. The summed E-state index contributed by atoms with van der Waals surface area (Å²) in [5, 5.41) is 32.3. The number of aliphatic imine (C=N–C) groups is 1. The van der Waals surface area contributed by atoms with E-state index in [0.717, 1.165) is 16.7 Å². The van der Waals surface area contributed by atoms with E-state index in [1.807, 2.05) is 53.7 Å². The minimum absolute atomic E-state index is 0.0519. The molecule has 0 bridgehead atoms. The Morgan fingerprint density at radius 3 is 2.36 bits per heavy atom. The van der Waals surface area contributed by atoms with Gasteiger partial charge >= 0.3 is 5.97 Å². The largest absolute Gasteiger partial charge is 0.507 e. The van der Waals surface area contributed by atoms with E-state index in [1.54, 1.807) is 13.3 Å². The van der Waals surface area contributed by atoms with E-state index in [9.17, 15) is 19.8 Å². The topological polar surface area (TPSA) is 143 Å². The Morgan fingerprint density at radius 2 is 1.87 bits per heavy atom. The molecule has 1 aromatic carbocycles. The Balaban J connectivity index is 1.67. The maximum atomic E-state index is 13.5. The molecule has 11 nitrogen and oxygen atoms in total. The fourth-order valence-electron chi connectivity index (χ4n) is 4.58. The number of carbonyl (C=O) groups is 2. The van der Waals surface area contributed by atoms with Gasteiger partial charge in [0.25, 0.3) is 11.6 Å². The Kier molecular flexibility index (Phi) is 7.65. The highest BCUT2D eigenvalue weighted by Gasteiger charge is 2.66. The fraction of sp³-hybridized carbons (Fsp3) is 0.538. The molecule has 0 spiro atoms. The van der Waals surface area contributed by atoms with Gasteiger partial charge in [0.1, 0.15) is 16.8 Å². The summed E-state index contributed by atoms with van der Waals surface area (Å²) in [5.41, 5.74) is 0.595. The molecular weight excluding hydrogens is 540 g/mol. The van der Waals surface area contributed by atoms with Crippen LogP contribution < -0.4 is 0 Å². The van der Waals surface area contributed by atoms with E-state index in [0.29, 0.717) is 22.2 Å². The summed E-state index contributed by atoms with van der Waals surface area (Å²) in [6.07, 6.45) is 1.58. The summed E-state index contributed by atoms with van der Waals surface area (Å²) in [7, 11) is 3.11. The lowest BCUT2D eigenvalue weighted by Crippen LogP contribution is -2.73. The van der Waals surface area contributed by atoms with Crippen molar-refractivity contribution >= 4 is 41.6 Å². The minimum Gasteiger partial charge on any atom is -0.507 e. The molecule has 2 aliphatic rings. The number of nitrogens with zero attached hydrogens (tertiary/aromatic N) is 6. The van der Waals surface area contributed by atoms with Gasteiger partial charge < -0.3 is 14.9 Å². The second-order valence-corrected chi connectivity index (χ2v) is 13.6. The predicted molar refractivity (Wildman–Crippen MR) is 150 cm³/mol. The monoisotopic (exact) mass is 574 g/mol. The van der Waals surface area contributed by atoms with Gasteiger partial charge in [-0.15, -0.1) is 16.9 Å². The Bertz CT molecular complexity index is 1340. The molecule has 2 aromatic rings. The van der Waals surface area contributed by atoms with E-state index >= 15 is 0 Å². The number of methoxy groups -OCH3 is 1. The number of carbonyl (C=O) groups excluding carboxylic acids is 1. The molecule has 2 atom stereocenters. The third kappa shape index (κ3) is 5.19. The van der Waals surface area contributed by atoms with Crippen molar-refractivity contribution in [3.63, 3.8) is 0 Å². The molecule has 1 fully saturated rings. The van der Waals surface area contributed by atoms with Crippen LogP contribution in [0, 0.1) is 0 Å². The van der Waals surface area contributed by atoms with Crippen LogP contribution in [0.25, 0.3) is 0 Å². The lowest BCUT2D eigenvalue weighted by molar-refractivity contribution is -0.182. The number of rotatable bonds is 7. The van der Waals surface area contributed by atoms with E-state index in [-0.39, 0.29) is 22.3 Å². The third-order valence-corrected chi connectivity index (χ3v) is 9.17. The van der Waals surface area contributed by atoms with Gasteiger partial charge in [-0.1, -0.05) is 53.3 Å². The smallest absolute Gasteiger partial charge is 0.352 e. The summed E-state index contributed by atoms with van der Waals surface area (Å²) in [5.74, 6) is -0.763. The predicted octanol–water partition coefficient (Wildman–Crippen LogP) is 3.32. The van der Waals surface area contributed by atoms with Crippen molar-refractivity contribution in [1.29, 1.82) is 0 Å². The number of hydrogen-bond donors (Lipinski definition) is 2. The number of fused-ring (bicyclic) bond motifs is 1. The van der Waals surface area contributed by atoms with Gasteiger partial charge in [-0.05, 0) is 44.5 Å². The zero-order chi connectivity index (χ0) is 28.9. The first-order chi connectivity index (χ1) is 18.1. The Morgan fingerprint density at radius 1 is 1.26 bits per heavy atom. The van der Waals surface area contributed by atoms with E-state index in [2.05, 4.69) is 20.5 Å². The summed E-state index contributed by atoms with van der Waals surface area (Å²) < 4.78 is 7.19. The molecule has 2 aliphatic heterocycles. The van der Waals surface area contributed by atoms with Crippen LogP contribution in [-0.4, -0.2) is 83.1 Å². The lowest BCUT2D eigenvalue weighted by Gasteiger charge is -2.53. The van der Waals surface area contributed by atoms with Gasteiger partial charge in [0.2, 0.25) is 5.16 Å². The van der Waals surface area contributed by atoms with Gasteiger partial charge in [0.05, 0.1) is 0 Å². The number of thioether (sulfide) groups is 2. The number of aryl methyl sites for hydroxylation is 1. The van der Waals surface area contributed by atoms with Gasteiger partial charge in [-0.3, -0.25) is 9.69 Å². The zero-order valence-corrected chi connectivity index (χ0v) is 25.0. The average Bonchev–Trinajstić information content (AvgIpc) is 3.26. The van der Waals surface area contributed by atoms with Crippen LogP contribution in [0.1, 0.15) is 58.2 Å². The number of aliphatic carboxylic acids is 1. The fourth-order valence-corrected chi connectivity index (χ4v) is 7.00. The van der Waals surface area contributed by atoms with E-state index in [4.69, 9.17) is 4.74 Å². The lowest BCUT2D eigenvalue weighted by atomic mass is 9.78. The molecule has 1 saturated heterocycles. The van der Waals surface area contributed by atoms with Crippen molar-refractivity contribution in [3.05, 3.63) is 40.1 Å². The first kappa shape index (κ1) is 29.1. The van der Waals surface area contributed by atoms with E-state index < -0.39 is 23.0 Å². The number of carboxylic acid groups (broad SMARTS) is 1. The summed E-state index contributed by atoms with van der Waals surface area (Å²) in [6, 6.07) is 3.73. The van der Waals surface area contributed by atoms with E-state index in [1.165, 1.54) is 40.2 Å². The molecule has 4 rings (SSSR count). The summed E-state index contributed by atoms with van der Waals surface area (Å²) in [6.45, 7) is 12.1. The van der Waals surface area contributed by atoms with Crippen LogP contribution >= 0.6 is 23.5 Å². The van der Waals surface area contributed by atoms with Crippen molar-refractivity contribution in [1.82, 2.24) is 25.1 Å². The first-order valence-electron chi connectivity index (χ1n) is 12.4. The van der Waals surface area contributed by atoms with Gasteiger partial charge in [0, 0.05) is 43.0 Å². The second kappa shape index (κ2) is 10.3. The van der Waals surface area contributed by atoms with Crippen molar-refractivity contribution in [2.75, 3.05) is 18.6 Å². The zero-order valence-electron chi connectivity index (χ0n) is 23.3. The van der Waals surface area contributed by atoms with Gasteiger partial charge in [-0.25, -0.2) is 14.5 Å². The average molecular weight is 575 g/mol. The molecule has 1 amide bonds. The third-order valence-electron chi connectivity index (χ3n) is 6.71. The number of hydrogen-bond acceptors (Lipinski definition) is 10. The highest BCUT2D eigenvalue weighted by Crippen LogP contribution is 2.49. The molecule has 210 valence electrons. The molecule has 0 radical (unpaired) electrons. The molecule has 13 heteroatoms. The van der Waals surface area contributed by atoms with Crippen LogP contribution in [0.2, 0.25) is 0 Å². The van der Waals surface area contributed by atoms with Crippen LogP contribution in [0.3, 0.4) is 0 Å². The number of tetrazole rings is 1. The van der Waals surface area contributed by atoms with Crippen LogP contribution in [-0.2, 0) is 32.2 Å². The molecule has 39 heavy (non-hydrogen) atoms. The van der Waals surface area contributed by atoms with Crippen molar-refractivity contribution in [2.24, 2.45) is 12.0 Å². The highest BCUT2D eigenvalue weighted by atomic mass is 32.2. The second-order valence-electron chi connectivity index (χ2n) is 11.6. The number of phenols is 1. The number of benzene rings is 1. The van der Waals surface area contributed by atoms with Crippen LogP contribution in [0.4, 0.5) is 0 Å². The standard InChI is InChI=1S/C26H34N6O5S2/c1-24(2,3)16-9-14(10-17(19(16)33)25(4,5)6)11-27-26(37-8)21(36)32-18(20(34)35)15(12-38-22(26)32)13-39-23-28-29-30-31(23)7/h9-11,22,33H,12-13H2,1-8H3,(H,34,35)/t22?,26-/m1/s1. The quantitative estimate of drug-likeness (QED) is 0.287. The molecule has 3 heterocycles. The van der Waals surface area contributed by atoms with Gasteiger partial charge in [-0.2, -0.15) is 0 Å². The minimum atomic E-state index is -1.56. The normalized spacial score (nSPS) is 21.9. The van der Waals surface area contributed by atoms with Crippen LogP contribution in [0.5, 0.6) is 5.75 Å². The summed E-state index contributed by atoms with van der Waals surface area (Å²) in [4.78, 5) is 31.7. The number of aromatic nitrogens is 4. The number of aromatic hydroxyl groups is 1. The highest BCUT2D eigenvalue weighted by molar-refractivity contribution is 8.01. The number of β-lactam (4-membered cyclic amide) rings is 1. The Hall–Kier alpha value is -2.90. The maximum Gasteiger partial charge on any atom is 0.352 e. The van der Waals surface area contributed by atoms with Crippen molar-refractivity contribution in [3.8, 4) is 5.75 Å². The first-order valence-corrected chi connectivity index (χ1v) is 14.4.